The molecule has 0 N–H and O–H groups in total. The van der Waals surface area contributed by atoms with E-state index in [-0.39, 0.29) is 5.54 Å². The van der Waals surface area contributed by atoms with Crippen LogP contribution in [0.1, 0.15) is 18.1 Å². The Morgan fingerprint density at radius 3 is 1.72 bits per heavy atom. The van der Waals surface area contributed by atoms with E-state index in [2.05, 4.69) is 72.8 Å². The van der Waals surface area contributed by atoms with Gasteiger partial charge in [0.1, 0.15) is 6.10 Å². The summed E-state index contributed by atoms with van der Waals surface area (Å²) in [6.07, 6.45) is 10.1. The minimum absolute atomic E-state index is 0.104. The number of hydrogen-bond acceptors (Lipinski definition) is 2. The summed E-state index contributed by atoms with van der Waals surface area (Å²) in [6, 6.07) is 30.6. The number of rotatable bonds is 7. The van der Waals surface area contributed by atoms with Crippen molar-refractivity contribution in [1.82, 2.24) is 0 Å². The highest BCUT2D eigenvalue weighted by molar-refractivity contribution is 6.99. The normalized spacial score (nSPS) is 15.2. The Morgan fingerprint density at radius 1 is 0.759 bits per heavy atom. The minimum atomic E-state index is -2.82. The van der Waals surface area contributed by atoms with E-state index in [0.717, 1.165) is 28.6 Å². The maximum Gasteiger partial charge on any atom is 0.267 e. The van der Waals surface area contributed by atoms with Crippen LogP contribution in [-0.4, -0.2) is 14.6 Å². The molecule has 4 rings (SSSR count). The summed E-state index contributed by atoms with van der Waals surface area (Å²) in [7, 11) is -2.82. The molecule has 3 heteroatoms. The fraction of sp³-hybridized carbons (Fsp3) is 0.115. The van der Waals surface area contributed by atoms with Crippen LogP contribution in [0.3, 0.4) is 0 Å². The average molecular weight is 397 g/mol. The lowest BCUT2D eigenvalue weighted by atomic mass is 10.1. The number of carbonyl (C=O) groups is 1. The summed E-state index contributed by atoms with van der Waals surface area (Å²) in [4.78, 5) is 12.2. The Balaban J connectivity index is 1.92. The third-order valence-corrected chi connectivity index (χ3v) is 9.73. The zero-order valence-electron chi connectivity index (χ0n) is 16.2. The summed E-state index contributed by atoms with van der Waals surface area (Å²) in [6.45, 7) is 0. The molecule has 1 aliphatic rings. The van der Waals surface area contributed by atoms with Gasteiger partial charge >= 0.3 is 0 Å². The predicted octanol–water partition coefficient (Wildman–Crippen LogP) is 4.59. The summed E-state index contributed by atoms with van der Waals surface area (Å²) in [5, 5.41) is 2.32. The van der Waals surface area contributed by atoms with Gasteiger partial charge in [0.15, 0.2) is 6.29 Å². The summed E-state index contributed by atoms with van der Waals surface area (Å²) in [5.74, 6) is 0. The number of hydrogen-bond donors (Lipinski definition) is 0. The lowest BCUT2D eigenvalue weighted by Gasteiger charge is -2.39. The predicted molar refractivity (Wildman–Crippen MR) is 121 cm³/mol. The smallest absolute Gasteiger partial charge is 0.267 e. The molecule has 0 saturated carbocycles. The van der Waals surface area contributed by atoms with Crippen molar-refractivity contribution in [3.05, 3.63) is 121 Å². The third kappa shape index (κ3) is 3.93. The zero-order chi connectivity index (χ0) is 19.9. The highest BCUT2D eigenvalue weighted by atomic mass is 28.4. The molecule has 0 spiro atoms. The molecule has 0 aliphatic heterocycles. The van der Waals surface area contributed by atoms with Gasteiger partial charge in [-0.3, -0.25) is 0 Å². The standard InChI is InChI=1S/C26H24O2Si/c27-21-26(22-13-5-1-6-14-22)28-29(23-15-7-2-8-16-23,24-17-9-3-10-18-24)25-19-11-4-12-20-25/h1-3,5-21,25-26H,4H2. The second-order valence-corrected chi connectivity index (χ2v) is 10.7. The highest BCUT2D eigenvalue weighted by Crippen LogP contribution is 2.33. The first-order valence-electron chi connectivity index (χ1n) is 9.97. The molecular formula is C26H24O2Si. The average Bonchev–Trinajstić information content (AvgIpc) is 2.82. The molecule has 0 bridgehead atoms. The van der Waals surface area contributed by atoms with Crippen LogP contribution in [0.15, 0.2) is 115 Å². The monoisotopic (exact) mass is 396 g/mol. The third-order valence-electron chi connectivity index (χ3n) is 5.40. The quantitative estimate of drug-likeness (QED) is 0.332. The summed E-state index contributed by atoms with van der Waals surface area (Å²) in [5.41, 5.74) is 0.988. The van der Waals surface area contributed by atoms with Crippen LogP contribution in [0.25, 0.3) is 0 Å². The van der Waals surface area contributed by atoms with E-state index >= 15 is 0 Å². The van der Waals surface area contributed by atoms with Crippen molar-refractivity contribution in [2.75, 3.05) is 0 Å². The molecule has 0 radical (unpaired) electrons. The van der Waals surface area contributed by atoms with Crippen molar-refractivity contribution in [3.8, 4) is 0 Å². The van der Waals surface area contributed by atoms with Gasteiger partial charge in [-0.1, -0.05) is 115 Å². The van der Waals surface area contributed by atoms with Crippen LogP contribution in [0, 0.1) is 0 Å². The van der Waals surface area contributed by atoms with Crippen molar-refractivity contribution in [3.63, 3.8) is 0 Å². The molecule has 0 saturated heterocycles. The molecule has 3 aromatic rings. The van der Waals surface area contributed by atoms with Crippen molar-refractivity contribution in [1.29, 1.82) is 0 Å². The van der Waals surface area contributed by atoms with E-state index in [4.69, 9.17) is 4.43 Å². The van der Waals surface area contributed by atoms with Crippen LogP contribution >= 0.6 is 0 Å². The van der Waals surface area contributed by atoms with E-state index in [1.807, 2.05) is 42.5 Å². The van der Waals surface area contributed by atoms with Crippen molar-refractivity contribution >= 4 is 25.0 Å². The van der Waals surface area contributed by atoms with Crippen LogP contribution in [0.5, 0.6) is 0 Å². The van der Waals surface area contributed by atoms with Gasteiger partial charge in [0.2, 0.25) is 0 Å². The molecule has 1 aliphatic carbocycles. The Kier molecular flexibility index (Phi) is 5.99. The second-order valence-electron chi connectivity index (χ2n) is 7.17. The van der Waals surface area contributed by atoms with Crippen LogP contribution in [0.4, 0.5) is 0 Å². The van der Waals surface area contributed by atoms with E-state index in [9.17, 15) is 4.79 Å². The fourth-order valence-electron chi connectivity index (χ4n) is 4.02. The van der Waals surface area contributed by atoms with Gasteiger partial charge in [0.25, 0.3) is 8.32 Å². The molecule has 2 nitrogen and oxygen atoms in total. The van der Waals surface area contributed by atoms with Crippen molar-refractivity contribution < 1.29 is 9.22 Å². The maximum absolute atomic E-state index is 12.2. The minimum Gasteiger partial charge on any atom is -0.393 e. The van der Waals surface area contributed by atoms with E-state index in [1.54, 1.807) is 0 Å². The molecule has 3 aromatic carbocycles. The summed E-state index contributed by atoms with van der Waals surface area (Å²) < 4.78 is 6.95. The van der Waals surface area contributed by atoms with Gasteiger partial charge in [-0.05, 0) is 22.4 Å². The molecule has 0 fully saturated rings. The van der Waals surface area contributed by atoms with Crippen LogP contribution < -0.4 is 10.4 Å². The van der Waals surface area contributed by atoms with Gasteiger partial charge in [-0.25, -0.2) is 0 Å². The van der Waals surface area contributed by atoms with Crippen LogP contribution in [0.2, 0.25) is 5.54 Å². The van der Waals surface area contributed by atoms with Crippen molar-refractivity contribution in [2.45, 2.75) is 18.1 Å². The maximum atomic E-state index is 12.2. The highest BCUT2D eigenvalue weighted by Gasteiger charge is 2.47. The molecule has 1 unspecified atom stereocenters. The van der Waals surface area contributed by atoms with E-state index in [1.165, 1.54) is 0 Å². The zero-order valence-corrected chi connectivity index (χ0v) is 17.2. The fourth-order valence-corrected chi connectivity index (χ4v) is 8.33. The van der Waals surface area contributed by atoms with Gasteiger partial charge in [0, 0.05) is 5.54 Å². The van der Waals surface area contributed by atoms with Gasteiger partial charge in [-0.15, -0.1) is 0 Å². The molecule has 0 amide bonds. The molecular weight excluding hydrogens is 372 g/mol. The topological polar surface area (TPSA) is 26.3 Å². The number of benzene rings is 3. The molecule has 0 heterocycles. The molecule has 144 valence electrons. The van der Waals surface area contributed by atoms with Crippen molar-refractivity contribution in [2.24, 2.45) is 0 Å². The number of aldehydes is 1. The Hall–Kier alpha value is -3.01. The van der Waals surface area contributed by atoms with Gasteiger partial charge in [-0.2, -0.15) is 0 Å². The first-order chi connectivity index (χ1) is 14.3. The first kappa shape index (κ1) is 19.3. The molecule has 29 heavy (non-hydrogen) atoms. The number of carbonyl (C=O) groups excluding carboxylic acids is 1. The number of allylic oxidation sites excluding steroid dienone is 4. The van der Waals surface area contributed by atoms with E-state index < -0.39 is 14.4 Å². The molecule has 1 atom stereocenters. The van der Waals surface area contributed by atoms with E-state index in [0.29, 0.717) is 0 Å². The lowest BCUT2D eigenvalue weighted by Crippen LogP contribution is -2.64. The Labute approximate surface area is 173 Å². The Bertz CT molecular complexity index is 929. The lowest BCUT2D eigenvalue weighted by molar-refractivity contribution is -0.114. The SMILES string of the molecule is O=CC(O[Si](c1ccccc1)(c1ccccc1)C1C=CCC=C1)c1ccccc1. The largest absolute Gasteiger partial charge is 0.393 e. The van der Waals surface area contributed by atoms with Crippen LogP contribution in [-0.2, 0) is 9.22 Å². The first-order valence-corrected chi connectivity index (χ1v) is 12.0. The Morgan fingerprint density at radius 2 is 1.24 bits per heavy atom. The second kappa shape index (κ2) is 8.99. The summed E-state index contributed by atoms with van der Waals surface area (Å²) >= 11 is 0. The van der Waals surface area contributed by atoms with Gasteiger partial charge < -0.3 is 9.22 Å². The molecule has 0 aromatic heterocycles. The van der Waals surface area contributed by atoms with Gasteiger partial charge in [0.05, 0.1) is 0 Å².